The summed E-state index contributed by atoms with van der Waals surface area (Å²) in [5.74, 6) is 2.97. The Labute approximate surface area is 227 Å². The third-order valence-electron chi connectivity index (χ3n) is 6.77. The second kappa shape index (κ2) is 13.2. The molecule has 4 nitrogen and oxygen atoms in total. The lowest BCUT2D eigenvalue weighted by Crippen LogP contribution is -2.20. The first kappa shape index (κ1) is 27.3. The Hall–Kier alpha value is -3.76. The molecule has 0 bridgehead atoms. The van der Waals surface area contributed by atoms with Crippen LogP contribution < -0.4 is 14.2 Å². The zero-order chi connectivity index (χ0) is 26.9. The van der Waals surface area contributed by atoms with Crippen LogP contribution in [0.4, 0.5) is 0 Å². The Balaban J connectivity index is 1.47. The van der Waals surface area contributed by atoms with Crippen LogP contribution in [-0.4, -0.2) is 26.6 Å². The van der Waals surface area contributed by atoms with Crippen molar-refractivity contribution in [1.29, 1.82) is 0 Å². The number of hydrogen-bond donors (Lipinski definition) is 0. The van der Waals surface area contributed by atoms with Gasteiger partial charge >= 0.3 is 0 Å². The minimum Gasteiger partial charge on any atom is -0.497 e. The molecule has 4 rings (SSSR count). The summed E-state index contributed by atoms with van der Waals surface area (Å²) < 4.78 is 23.8. The van der Waals surface area contributed by atoms with Gasteiger partial charge in [-0.2, -0.15) is 0 Å². The Morgan fingerprint density at radius 1 is 0.711 bits per heavy atom. The van der Waals surface area contributed by atoms with E-state index < -0.39 is 6.29 Å². The summed E-state index contributed by atoms with van der Waals surface area (Å²) in [4.78, 5) is 0. The molecule has 0 amide bonds. The smallest absolute Gasteiger partial charge is 0.197 e. The normalized spacial score (nSPS) is 12.6. The lowest BCUT2D eigenvalue weighted by atomic mass is 9.96. The molecule has 4 aromatic rings. The van der Waals surface area contributed by atoms with Gasteiger partial charge in [-0.05, 0) is 67.1 Å². The van der Waals surface area contributed by atoms with Crippen molar-refractivity contribution in [3.63, 3.8) is 0 Å². The minimum atomic E-state index is -0.391. The van der Waals surface area contributed by atoms with Crippen LogP contribution in [0.2, 0.25) is 0 Å². The van der Waals surface area contributed by atoms with Gasteiger partial charge in [0.25, 0.3) is 0 Å². The molecular weight excluding hydrogens is 472 g/mol. The molecule has 4 aromatic carbocycles. The van der Waals surface area contributed by atoms with E-state index in [0.29, 0.717) is 19.1 Å². The summed E-state index contributed by atoms with van der Waals surface area (Å²) in [6, 6.07) is 31.0. The highest BCUT2D eigenvalue weighted by molar-refractivity contribution is 5.83. The van der Waals surface area contributed by atoms with Crippen LogP contribution in [0.3, 0.4) is 0 Å². The Kier molecular flexibility index (Phi) is 9.45. The van der Waals surface area contributed by atoms with Crippen LogP contribution in [0.1, 0.15) is 44.2 Å². The maximum Gasteiger partial charge on any atom is 0.197 e. The largest absolute Gasteiger partial charge is 0.497 e. The molecule has 0 aromatic heterocycles. The van der Waals surface area contributed by atoms with Crippen LogP contribution >= 0.6 is 0 Å². The average Bonchev–Trinajstić information content (AvgIpc) is 2.95. The predicted octanol–water partition coefficient (Wildman–Crippen LogP) is 8.67. The van der Waals surface area contributed by atoms with E-state index in [9.17, 15) is 0 Å². The van der Waals surface area contributed by atoms with Gasteiger partial charge in [0.15, 0.2) is 6.29 Å². The topological polar surface area (TPSA) is 36.9 Å². The van der Waals surface area contributed by atoms with Crippen molar-refractivity contribution in [3.8, 4) is 39.5 Å². The van der Waals surface area contributed by atoms with Crippen LogP contribution in [0.15, 0.2) is 91.0 Å². The van der Waals surface area contributed by atoms with Gasteiger partial charge < -0.3 is 18.9 Å². The van der Waals surface area contributed by atoms with Gasteiger partial charge in [0.1, 0.15) is 23.9 Å². The van der Waals surface area contributed by atoms with Crippen molar-refractivity contribution in [2.75, 3.05) is 20.3 Å². The number of para-hydroxylation sites is 1. The third kappa shape index (κ3) is 6.96. The highest BCUT2D eigenvalue weighted by Gasteiger charge is 2.15. The summed E-state index contributed by atoms with van der Waals surface area (Å²) in [7, 11) is 1.68. The van der Waals surface area contributed by atoms with E-state index in [4.69, 9.17) is 18.9 Å². The summed E-state index contributed by atoms with van der Waals surface area (Å²) in [5.41, 5.74) is 6.72. The van der Waals surface area contributed by atoms with E-state index >= 15 is 0 Å². The number of rotatable bonds is 12. The van der Waals surface area contributed by atoms with Gasteiger partial charge in [0.2, 0.25) is 0 Å². The summed E-state index contributed by atoms with van der Waals surface area (Å²) in [6.45, 7) is 9.23. The molecule has 0 saturated carbocycles. The predicted molar refractivity (Wildman–Crippen MR) is 155 cm³/mol. The fourth-order valence-corrected chi connectivity index (χ4v) is 4.44. The number of aryl methyl sites for hydroxylation is 1. The molecule has 0 aliphatic carbocycles. The first-order chi connectivity index (χ1) is 18.5. The van der Waals surface area contributed by atoms with Crippen molar-refractivity contribution in [3.05, 3.63) is 102 Å². The van der Waals surface area contributed by atoms with Crippen LogP contribution in [0.5, 0.6) is 17.2 Å². The molecule has 0 radical (unpaired) electrons. The first-order valence-corrected chi connectivity index (χ1v) is 13.3. The fourth-order valence-electron chi connectivity index (χ4n) is 4.44. The second-order valence-electron chi connectivity index (χ2n) is 9.57. The third-order valence-corrected chi connectivity index (χ3v) is 6.77. The molecule has 38 heavy (non-hydrogen) atoms. The molecule has 0 saturated heterocycles. The molecule has 2 atom stereocenters. The number of benzene rings is 4. The van der Waals surface area contributed by atoms with Crippen LogP contribution in [0.25, 0.3) is 22.3 Å². The molecule has 0 spiro atoms. The highest BCUT2D eigenvalue weighted by Crippen LogP contribution is 2.40. The first-order valence-electron chi connectivity index (χ1n) is 13.3. The maximum absolute atomic E-state index is 6.42. The van der Waals surface area contributed by atoms with Crippen molar-refractivity contribution in [2.45, 2.75) is 46.3 Å². The SMILES string of the molecule is CCC(C)c1ccc(OC(C)OCCOc2c(-c3cccc(C)c3)cccc2-c2cccc(OC)c2)cc1. The molecule has 2 unspecified atom stereocenters. The molecule has 0 aliphatic rings. The quantitative estimate of drug-likeness (QED) is 0.141. The van der Waals surface area contributed by atoms with Crippen molar-refractivity contribution >= 4 is 0 Å². The maximum atomic E-state index is 6.42. The van der Waals surface area contributed by atoms with Crippen LogP contribution in [0, 0.1) is 6.92 Å². The van der Waals surface area contributed by atoms with E-state index in [1.165, 1.54) is 11.1 Å². The van der Waals surface area contributed by atoms with Crippen LogP contribution in [-0.2, 0) is 4.74 Å². The zero-order valence-electron chi connectivity index (χ0n) is 23.1. The van der Waals surface area contributed by atoms with Crippen molar-refractivity contribution < 1.29 is 18.9 Å². The molecule has 4 heteroatoms. The van der Waals surface area contributed by atoms with E-state index in [2.05, 4.69) is 81.4 Å². The van der Waals surface area contributed by atoms with Crippen molar-refractivity contribution in [1.82, 2.24) is 0 Å². The van der Waals surface area contributed by atoms with E-state index in [1.54, 1.807) is 7.11 Å². The van der Waals surface area contributed by atoms with Gasteiger partial charge in [0, 0.05) is 11.1 Å². The number of methoxy groups -OCH3 is 1. The summed E-state index contributed by atoms with van der Waals surface area (Å²) >= 11 is 0. The lowest BCUT2D eigenvalue weighted by molar-refractivity contribution is -0.0738. The zero-order valence-corrected chi connectivity index (χ0v) is 23.1. The molecule has 0 fully saturated rings. The van der Waals surface area contributed by atoms with Gasteiger partial charge in [-0.3, -0.25) is 0 Å². The summed E-state index contributed by atoms with van der Waals surface area (Å²) in [5, 5.41) is 0. The Morgan fingerprint density at radius 3 is 2.03 bits per heavy atom. The molecule has 0 heterocycles. The molecular formula is C34H38O4. The standard InChI is InChI=1S/C34H38O4/c1-6-25(3)27-16-18-30(19-17-27)38-26(4)36-20-21-37-34-32(28-11-7-10-24(2)22-28)14-9-15-33(34)29-12-8-13-31(23-29)35-5/h7-19,22-23,25-26H,6,20-21H2,1-5H3. The van der Waals surface area contributed by atoms with E-state index in [-0.39, 0.29) is 0 Å². The molecule has 0 N–H and O–H groups in total. The van der Waals surface area contributed by atoms with Gasteiger partial charge in [-0.25, -0.2) is 0 Å². The lowest BCUT2D eigenvalue weighted by Gasteiger charge is -2.19. The number of hydrogen-bond acceptors (Lipinski definition) is 4. The van der Waals surface area contributed by atoms with Gasteiger partial charge in [-0.1, -0.05) is 86.1 Å². The molecule has 198 valence electrons. The average molecular weight is 511 g/mol. The van der Waals surface area contributed by atoms with Crippen molar-refractivity contribution in [2.24, 2.45) is 0 Å². The summed E-state index contributed by atoms with van der Waals surface area (Å²) in [6.07, 6.45) is 0.727. The minimum absolute atomic E-state index is 0.389. The fraction of sp³-hybridized carbons (Fsp3) is 0.294. The second-order valence-corrected chi connectivity index (χ2v) is 9.57. The Bertz CT molecular complexity index is 1310. The Morgan fingerprint density at radius 2 is 1.37 bits per heavy atom. The highest BCUT2D eigenvalue weighted by atomic mass is 16.7. The number of ether oxygens (including phenoxy) is 4. The monoisotopic (exact) mass is 510 g/mol. The van der Waals surface area contributed by atoms with Gasteiger partial charge in [0.05, 0.1) is 13.7 Å². The van der Waals surface area contributed by atoms with Gasteiger partial charge in [-0.15, -0.1) is 0 Å². The molecule has 0 aliphatic heterocycles. The van der Waals surface area contributed by atoms with E-state index in [0.717, 1.165) is 45.9 Å². The van der Waals surface area contributed by atoms with E-state index in [1.807, 2.05) is 37.3 Å².